The number of carbonyl (C=O) groups excluding carboxylic acids is 2. The third-order valence-electron chi connectivity index (χ3n) is 4.63. The van der Waals surface area contributed by atoms with Crippen molar-refractivity contribution in [2.75, 3.05) is 32.8 Å². The van der Waals surface area contributed by atoms with E-state index >= 15 is 0 Å². The molecule has 1 aliphatic heterocycles. The van der Waals surface area contributed by atoms with E-state index in [-0.39, 0.29) is 18.5 Å². The van der Waals surface area contributed by atoms with Crippen LogP contribution in [0.2, 0.25) is 0 Å². The summed E-state index contributed by atoms with van der Waals surface area (Å²) in [6, 6.07) is 17.0. The zero-order valence-electron chi connectivity index (χ0n) is 15.6. The number of hydrogen-bond donors (Lipinski definition) is 2. The number of carbonyl (C=O) groups is 2. The van der Waals surface area contributed by atoms with Crippen molar-refractivity contribution in [3.63, 3.8) is 0 Å². The van der Waals surface area contributed by atoms with E-state index in [1.807, 2.05) is 59.5 Å². The van der Waals surface area contributed by atoms with Gasteiger partial charge in [0.1, 0.15) is 0 Å². The summed E-state index contributed by atoms with van der Waals surface area (Å²) in [5, 5.41) is 5.68. The maximum Gasteiger partial charge on any atom is 0.315 e. The van der Waals surface area contributed by atoms with Gasteiger partial charge in [0.25, 0.3) is 0 Å². The van der Waals surface area contributed by atoms with Gasteiger partial charge in [-0.05, 0) is 23.3 Å². The van der Waals surface area contributed by atoms with Gasteiger partial charge >= 0.3 is 6.03 Å². The van der Waals surface area contributed by atoms with Gasteiger partial charge in [0.2, 0.25) is 5.91 Å². The fourth-order valence-corrected chi connectivity index (χ4v) is 3.57. The number of ether oxygens (including phenoxy) is 1. The fourth-order valence-electron chi connectivity index (χ4n) is 3.12. The van der Waals surface area contributed by atoms with E-state index in [0.29, 0.717) is 32.8 Å². The van der Waals surface area contributed by atoms with Gasteiger partial charge in [-0.25, -0.2) is 4.79 Å². The van der Waals surface area contributed by atoms with E-state index in [4.69, 9.17) is 4.74 Å². The Morgan fingerprint density at radius 1 is 1.04 bits per heavy atom. The Morgan fingerprint density at radius 3 is 2.50 bits per heavy atom. The van der Waals surface area contributed by atoms with E-state index in [9.17, 15) is 9.59 Å². The maximum absolute atomic E-state index is 13.0. The van der Waals surface area contributed by atoms with Gasteiger partial charge in [0.15, 0.2) is 0 Å². The van der Waals surface area contributed by atoms with E-state index < -0.39 is 5.92 Å². The number of urea groups is 1. The first-order chi connectivity index (χ1) is 13.6. The van der Waals surface area contributed by atoms with Crippen LogP contribution in [0.15, 0.2) is 59.1 Å². The van der Waals surface area contributed by atoms with Gasteiger partial charge < -0.3 is 20.3 Å². The number of nitrogens with one attached hydrogen (secondary N) is 2. The SMILES string of the molecule is O=C(NCc1cccc(Br)c1)NCC(C(=O)N1CCOCC1)c1ccccc1. The molecule has 2 N–H and O–H groups in total. The second-order valence-corrected chi connectivity index (χ2v) is 7.51. The van der Waals surface area contributed by atoms with Crippen molar-refractivity contribution in [3.05, 3.63) is 70.2 Å². The summed E-state index contributed by atoms with van der Waals surface area (Å²) in [5.41, 5.74) is 1.89. The number of halogens is 1. The van der Waals surface area contributed by atoms with Gasteiger partial charge in [-0.1, -0.05) is 58.4 Å². The van der Waals surface area contributed by atoms with E-state index in [1.54, 1.807) is 0 Å². The summed E-state index contributed by atoms with van der Waals surface area (Å²) >= 11 is 3.42. The first-order valence-electron chi connectivity index (χ1n) is 9.31. The Balaban J connectivity index is 1.59. The standard InChI is InChI=1S/C21H24BrN3O3/c22-18-8-4-5-16(13-18)14-23-21(27)24-15-19(17-6-2-1-3-7-17)20(26)25-9-11-28-12-10-25/h1-8,13,19H,9-12,14-15H2,(H2,23,24,27). The lowest BCUT2D eigenvalue weighted by Gasteiger charge is -2.30. The molecule has 3 rings (SSSR count). The minimum absolute atomic E-state index is 0.0155. The van der Waals surface area contributed by atoms with Crippen molar-refractivity contribution >= 4 is 27.9 Å². The highest BCUT2D eigenvalue weighted by molar-refractivity contribution is 9.10. The number of morpholine rings is 1. The first kappa shape index (κ1) is 20.4. The minimum atomic E-state index is -0.420. The zero-order chi connectivity index (χ0) is 19.8. The summed E-state index contributed by atoms with van der Waals surface area (Å²) in [6.07, 6.45) is 0. The van der Waals surface area contributed by atoms with Gasteiger partial charge in [-0.2, -0.15) is 0 Å². The average molecular weight is 446 g/mol. The van der Waals surface area contributed by atoms with Crippen LogP contribution in [0.3, 0.4) is 0 Å². The van der Waals surface area contributed by atoms with Gasteiger partial charge in [-0.3, -0.25) is 4.79 Å². The van der Waals surface area contributed by atoms with Crippen molar-refractivity contribution < 1.29 is 14.3 Å². The molecule has 1 saturated heterocycles. The van der Waals surface area contributed by atoms with E-state index in [1.165, 1.54) is 0 Å². The van der Waals surface area contributed by atoms with Crippen LogP contribution < -0.4 is 10.6 Å². The monoisotopic (exact) mass is 445 g/mol. The van der Waals surface area contributed by atoms with Gasteiger partial charge in [0, 0.05) is 30.7 Å². The quantitative estimate of drug-likeness (QED) is 0.717. The molecule has 6 nitrogen and oxygen atoms in total. The Bertz CT molecular complexity index is 794. The van der Waals surface area contributed by atoms with E-state index in [2.05, 4.69) is 26.6 Å². The Morgan fingerprint density at radius 2 is 1.79 bits per heavy atom. The highest BCUT2D eigenvalue weighted by Crippen LogP contribution is 2.19. The van der Waals surface area contributed by atoms with Crippen molar-refractivity contribution in [3.8, 4) is 0 Å². The second-order valence-electron chi connectivity index (χ2n) is 6.59. The lowest BCUT2D eigenvalue weighted by atomic mass is 9.97. The van der Waals surface area contributed by atoms with Crippen LogP contribution in [-0.4, -0.2) is 49.7 Å². The lowest BCUT2D eigenvalue weighted by Crippen LogP contribution is -2.46. The molecule has 0 saturated carbocycles. The van der Waals surface area contributed by atoms with Crippen LogP contribution in [-0.2, 0) is 16.1 Å². The second kappa shape index (κ2) is 10.2. The van der Waals surface area contributed by atoms with Crippen LogP contribution in [0.25, 0.3) is 0 Å². The fraction of sp³-hybridized carbons (Fsp3) is 0.333. The number of hydrogen-bond acceptors (Lipinski definition) is 3. The third kappa shape index (κ3) is 5.81. The maximum atomic E-state index is 13.0. The number of benzene rings is 2. The first-order valence-corrected chi connectivity index (χ1v) is 10.1. The van der Waals surface area contributed by atoms with Crippen LogP contribution >= 0.6 is 15.9 Å². The van der Waals surface area contributed by atoms with E-state index in [0.717, 1.165) is 15.6 Å². The molecule has 1 heterocycles. The molecule has 1 fully saturated rings. The van der Waals surface area contributed by atoms with Gasteiger partial charge in [0.05, 0.1) is 19.1 Å². The summed E-state index contributed by atoms with van der Waals surface area (Å²) < 4.78 is 6.30. The number of nitrogens with zero attached hydrogens (tertiary/aromatic N) is 1. The molecule has 0 radical (unpaired) electrons. The predicted molar refractivity (Wildman–Crippen MR) is 111 cm³/mol. The molecule has 0 aliphatic carbocycles. The highest BCUT2D eigenvalue weighted by atomic mass is 79.9. The van der Waals surface area contributed by atoms with Crippen molar-refractivity contribution in [2.24, 2.45) is 0 Å². The predicted octanol–water partition coefficient (Wildman–Crippen LogP) is 2.89. The van der Waals surface area contributed by atoms with Crippen LogP contribution in [0.1, 0.15) is 17.0 Å². The highest BCUT2D eigenvalue weighted by Gasteiger charge is 2.27. The smallest absolute Gasteiger partial charge is 0.315 e. The molecule has 28 heavy (non-hydrogen) atoms. The van der Waals surface area contributed by atoms with Crippen molar-refractivity contribution in [1.82, 2.24) is 15.5 Å². The summed E-state index contributed by atoms with van der Waals surface area (Å²) in [7, 11) is 0. The van der Waals surface area contributed by atoms with Crippen molar-refractivity contribution in [1.29, 1.82) is 0 Å². The largest absolute Gasteiger partial charge is 0.378 e. The number of rotatable bonds is 6. The number of amides is 3. The Kier molecular flexibility index (Phi) is 7.45. The molecule has 2 aromatic rings. The van der Waals surface area contributed by atoms with Crippen molar-refractivity contribution in [2.45, 2.75) is 12.5 Å². The molecule has 1 aliphatic rings. The molecule has 0 bridgehead atoms. The van der Waals surface area contributed by atoms with Crippen LogP contribution in [0, 0.1) is 0 Å². The normalized spacial score (nSPS) is 15.0. The summed E-state index contributed by atoms with van der Waals surface area (Å²) in [5.74, 6) is -0.405. The molecular formula is C21H24BrN3O3. The lowest BCUT2D eigenvalue weighted by molar-refractivity contribution is -0.136. The van der Waals surface area contributed by atoms with Crippen LogP contribution in [0.4, 0.5) is 4.79 Å². The minimum Gasteiger partial charge on any atom is -0.378 e. The zero-order valence-corrected chi connectivity index (χ0v) is 17.2. The summed E-state index contributed by atoms with van der Waals surface area (Å²) in [4.78, 5) is 27.1. The molecule has 7 heteroatoms. The van der Waals surface area contributed by atoms with Gasteiger partial charge in [-0.15, -0.1) is 0 Å². The molecule has 2 aromatic carbocycles. The van der Waals surface area contributed by atoms with Crippen LogP contribution in [0.5, 0.6) is 0 Å². The third-order valence-corrected chi connectivity index (χ3v) is 5.12. The topological polar surface area (TPSA) is 70.7 Å². The Hall–Kier alpha value is -2.38. The molecule has 0 spiro atoms. The Labute approximate surface area is 173 Å². The molecule has 3 amide bonds. The average Bonchev–Trinajstić information content (AvgIpc) is 2.74. The molecule has 0 aromatic heterocycles. The summed E-state index contributed by atoms with van der Waals surface area (Å²) in [6.45, 7) is 2.92. The molecular weight excluding hydrogens is 422 g/mol. The molecule has 1 unspecified atom stereocenters. The molecule has 1 atom stereocenters. The molecule has 148 valence electrons.